The van der Waals surface area contributed by atoms with Crippen LogP contribution in [-0.4, -0.2) is 73.4 Å². The molecule has 2 aliphatic rings. The van der Waals surface area contributed by atoms with Crippen LogP contribution in [0.4, 0.5) is 0 Å². The van der Waals surface area contributed by atoms with Gasteiger partial charge in [-0.3, -0.25) is 15.1 Å². The van der Waals surface area contributed by atoms with Crippen LogP contribution in [0.25, 0.3) is 0 Å². The number of rotatable bonds is 8. The van der Waals surface area contributed by atoms with E-state index in [0.29, 0.717) is 41.7 Å². The van der Waals surface area contributed by atoms with Crippen molar-refractivity contribution in [1.82, 2.24) is 10.2 Å². The van der Waals surface area contributed by atoms with Gasteiger partial charge in [-0.15, -0.1) is 0 Å². The summed E-state index contributed by atoms with van der Waals surface area (Å²) in [6.07, 6.45) is 7.10. The first kappa shape index (κ1) is 23.0. The molecule has 1 aromatic carbocycles. The molecule has 1 aromatic rings. The minimum absolute atomic E-state index is 0.0398. The minimum atomic E-state index is -0.200. The molecular weight excluding hydrogens is 420 g/mol. The molecule has 9 heteroatoms. The minimum Gasteiger partial charge on any atom is -0.489 e. The number of piperidine rings is 1. The average molecular weight is 448 g/mol. The van der Waals surface area contributed by atoms with E-state index in [9.17, 15) is 4.79 Å². The van der Waals surface area contributed by atoms with E-state index in [1.165, 1.54) is 0 Å². The molecule has 0 aromatic heterocycles. The Morgan fingerprint density at radius 3 is 2.84 bits per heavy atom. The summed E-state index contributed by atoms with van der Waals surface area (Å²) in [6, 6.07) is 5.06. The van der Waals surface area contributed by atoms with E-state index in [1.807, 2.05) is 12.2 Å². The van der Waals surface area contributed by atoms with Crippen LogP contribution >= 0.6 is 11.6 Å². The third-order valence-corrected chi connectivity index (χ3v) is 5.53. The molecule has 31 heavy (non-hydrogen) atoms. The van der Waals surface area contributed by atoms with E-state index in [4.69, 9.17) is 31.7 Å². The Morgan fingerprint density at radius 1 is 1.39 bits per heavy atom. The molecule has 3 rings (SSSR count). The highest BCUT2D eigenvalue weighted by molar-refractivity contribution is 6.51. The zero-order valence-corrected chi connectivity index (χ0v) is 18.2. The van der Waals surface area contributed by atoms with Gasteiger partial charge in [0.15, 0.2) is 5.71 Å². The summed E-state index contributed by atoms with van der Waals surface area (Å²) < 4.78 is 11.0. The Kier molecular flexibility index (Phi) is 8.22. The molecule has 1 saturated heterocycles. The summed E-state index contributed by atoms with van der Waals surface area (Å²) in [5.41, 5.74) is 2.08. The van der Waals surface area contributed by atoms with Crippen LogP contribution in [0.5, 0.6) is 5.75 Å². The van der Waals surface area contributed by atoms with E-state index < -0.39 is 0 Å². The van der Waals surface area contributed by atoms with Crippen molar-refractivity contribution in [2.75, 3.05) is 39.9 Å². The molecule has 0 bridgehead atoms. The largest absolute Gasteiger partial charge is 0.489 e. The number of methoxy groups -OCH3 is 1. The summed E-state index contributed by atoms with van der Waals surface area (Å²) in [5, 5.41) is 21.9. The van der Waals surface area contributed by atoms with E-state index in [0.717, 1.165) is 31.5 Å². The third-order valence-electron chi connectivity index (χ3n) is 5.24. The number of allylic oxidation sites excluding steroid dienone is 3. The summed E-state index contributed by atoms with van der Waals surface area (Å²) in [7, 11) is 1.58. The van der Waals surface area contributed by atoms with Crippen molar-refractivity contribution >= 4 is 28.9 Å². The summed E-state index contributed by atoms with van der Waals surface area (Å²) in [6.45, 7) is 3.22. The SMILES string of the molecule is COCCNC(=O)c1ccc(OC2CCN(CC3=CC=CC(=N)/C3=N\[OH2+])CC2)c(Cl)c1. The number of carbonyl (C=O) groups excluding carboxylic acids is 1. The van der Waals surface area contributed by atoms with Crippen molar-refractivity contribution in [1.29, 1.82) is 5.41 Å². The number of ether oxygens (including phenoxy) is 2. The zero-order valence-electron chi connectivity index (χ0n) is 17.5. The second-order valence-electron chi connectivity index (χ2n) is 7.41. The molecule has 1 fully saturated rings. The van der Waals surface area contributed by atoms with Gasteiger partial charge >= 0.3 is 0 Å². The number of nitrogens with one attached hydrogen (secondary N) is 2. The maximum atomic E-state index is 12.1. The van der Waals surface area contributed by atoms with Gasteiger partial charge in [0.1, 0.15) is 11.9 Å². The fraction of sp³-hybridized carbons (Fsp3) is 0.409. The van der Waals surface area contributed by atoms with E-state index >= 15 is 0 Å². The van der Waals surface area contributed by atoms with Crippen LogP contribution in [0, 0.1) is 5.41 Å². The van der Waals surface area contributed by atoms with Crippen LogP contribution < -0.4 is 10.1 Å². The number of amides is 1. The third kappa shape index (κ3) is 6.16. The standard InChI is InChI=1S/C22H27ClN4O4/c1-30-12-9-25-22(28)15-5-6-20(18(23)13-15)31-17-7-10-27(11-8-17)14-16-3-2-4-19(24)21(16)26-29/h2-6,13,17,24,29H,7-12,14H2,1H3,(H,25,28)/p+1/b24-19?,26-21-. The van der Waals surface area contributed by atoms with Crippen molar-refractivity contribution in [3.05, 3.63) is 52.6 Å². The Labute approximate surface area is 186 Å². The van der Waals surface area contributed by atoms with Gasteiger partial charge in [0.25, 0.3) is 5.91 Å². The fourth-order valence-corrected chi connectivity index (χ4v) is 3.79. The number of hydrogen-bond donors (Lipinski definition) is 2. The van der Waals surface area contributed by atoms with Gasteiger partial charge in [0.2, 0.25) is 0 Å². The zero-order chi connectivity index (χ0) is 22.2. The van der Waals surface area contributed by atoms with Gasteiger partial charge in [0, 0.05) is 44.4 Å². The smallest absolute Gasteiger partial charge is 0.251 e. The van der Waals surface area contributed by atoms with Crippen LogP contribution in [0.15, 0.2) is 47.2 Å². The van der Waals surface area contributed by atoms with Gasteiger partial charge < -0.3 is 20.0 Å². The van der Waals surface area contributed by atoms with Crippen molar-refractivity contribution < 1.29 is 19.5 Å². The average Bonchev–Trinajstić information content (AvgIpc) is 2.76. The van der Waals surface area contributed by atoms with Crippen molar-refractivity contribution in [3.63, 3.8) is 0 Å². The maximum Gasteiger partial charge on any atom is 0.251 e. The lowest BCUT2D eigenvalue weighted by molar-refractivity contribution is 0.0936. The molecule has 166 valence electrons. The molecule has 0 saturated carbocycles. The number of carbonyl (C=O) groups is 1. The second-order valence-corrected chi connectivity index (χ2v) is 7.82. The Balaban J connectivity index is 1.50. The number of nitrogens with zero attached hydrogens (tertiary/aromatic N) is 2. The molecule has 0 unspecified atom stereocenters. The van der Waals surface area contributed by atoms with Crippen LogP contribution in [-0.2, 0) is 4.74 Å². The predicted octanol–water partition coefficient (Wildman–Crippen LogP) is 2.16. The number of likely N-dealkylation sites (tertiary alicyclic amines) is 1. The van der Waals surface area contributed by atoms with Crippen molar-refractivity contribution in [2.24, 2.45) is 5.16 Å². The van der Waals surface area contributed by atoms with E-state index in [2.05, 4.69) is 15.4 Å². The summed E-state index contributed by atoms with van der Waals surface area (Å²) >= 11 is 6.35. The van der Waals surface area contributed by atoms with Crippen molar-refractivity contribution in [3.8, 4) is 5.75 Å². The van der Waals surface area contributed by atoms with Gasteiger partial charge in [0.05, 0.1) is 22.5 Å². The molecule has 1 heterocycles. The highest BCUT2D eigenvalue weighted by Gasteiger charge is 2.25. The molecule has 0 radical (unpaired) electrons. The van der Waals surface area contributed by atoms with Gasteiger partial charge in [-0.1, -0.05) is 23.8 Å². The lowest BCUT2D eigenvalue weighted by atomic mass is 9.99. The number of halogens is 1. The molecule has 0 spiro atoms. The Bertz CT molecular complexity index is 905. The highest BCUT2D eigenvalue weighted by Crippen LogP contribution is 2.28. The molecule has 0 atom stereocenters. The van der Waals surface area contributed by atoms with Gasteiger partial charge in [-0.2, -0.15) is 0 Å². The van der Waals surface area contributed by atoms with E-state index in [1.54, 1.807) is 31.4 Å². The fourth-order valence-electron chi connectivity index (χ4n) is 3.56. The van der Waals surface area contributed by atoms with Crippen LogP contribution in [0.3, 0.4) is 0 Å². The van der Waals surface area contributed by atoms with E-state index in [-0.39, 0.29) is 17.7 Å². The highest BCUT2D eigenvalue weighted by atomic mass is 35.5. The van der Waals surface area contributed by atoms with Gasteiger partial charge in [-0.25, -0.2) is 0 Å². The lowest BCUT2D eigenvalue weighted by Crippen LogP contribution is -2.40. The summed E-state index contributed by atoms with van der Waals surface area (Å²) in [5.74, 6) is 0.375. The Morgan fingerprint density at radius 2 is 2.16 bits per heavy atom. The predicted molar refractivity (Wildman–Crippen MR) is 122 cm³/mol. The Hall–Kier alpha value is -2.68. The monoisotopic (exact) mass is 447 g/mol. The van der Waals surface area contributed by atoms with Gasteiger partial charge in [-0.05, 0) is 37.1 Å². The van der Waals surface area contributed by atoms with Crippen LogP contribution in [0.2, 0.25) is 5.02 Å². The molecule has 1 amide bonds. The summed E-state index contributed by atoms with van der Waals surface area (Å²) in [4.78, 5) is 14.4. The van der Waals surface area contributed by atoms with Crippen molar-refractivity contribution in [2.45, 2.75) is 18.9 Å². The molecule has 4 N–H and O–H groups in total. The first-order valence-electron chi connectivity index (χ1n) is 10.2. The molecule has 1 aliphatic heterocycles. The second kappa shape index (κ2) is 11.1. The number of benzene rings is 1. The first-order chi connectivity index (χ1) is 15.0. The quantitative estimate of drug-likeness (QED) is 0.275. The lowest BCUT2D eigenvalue weighted by Gasteiger charge is -2.33. The number of hydrogen-bond acceptors (Lipinski definition) is 6. The maximum absolute atomic E-state index is 12.1. The topological polar surface area (TPSA) is 110 Å². The first-order valence-corrected chi connectivity index (χ1v) is 10.6. The molecular formula is C22H28ClN4O4+. The normalized spacial score (nSPS) is 18.8. The molecule has 8 nitrogen and oxygen atoms in total. The molecule has 1 aliphatic carbocycles. The van der Waals surface area contributed by atoms with Crippen LogP contribution in [0.1, 0.15) is 23.2 Å².